The molecule has 0 aromatic heterocycles. The number of benzene rings is 1. The molecule has 6 heteroatoms. The molecule has 0 saturated carbocycles. The van der Waals surface area contributed by atoms with Gasteiger partial charge in [0, 0.05) is 19.2 Å². The van der Waals surface area contributed by atoms with Crippen LogP contribution in [0.25, 0.3) is 0 Å². The van der Waals surface area contributed by atoms with Crippen molar-refractivity contribution in [1.29, 1.82) is 0 Å². The lowest BCUT2D eigenvalue weighted by Crippen LogP contribution is -2.12. The Bertz CT molecular complexity index is 410. The number of nitrogens with zero attached hydrogens (tertiary/aromatic N) is 1. The molecule has 0 saturated heterocycles. The second kappa shape index (κ2) is 8.44. The Morgan fingerprint density at radius 2 is 2.11 bits per heavy atom. The lowest BCUT2D eigenvalue weighted by molar-refractivity contribution is -0.385. The molecule has 0 spiro atoms. The van der Waals surface area contributed by atoms with Crippen LogP contribution in [0.5, 0.6) is 5.75 Å². The molecule has 0 heterocycles. The van der Waals surface area contributed by atoms with Crippen LogP contribution < -0.4 is 10.1 Å². The third-order valence-electron chi connectivity index (χ3n) is 2.49. The summed E-state index contributed by atoms with van der Waals surface area (Å²) in [7, 11) is 0. The number of nitrogens with one attached hydrogen (secondary N) is 1. The SMILES string of the molecule is CCNCc1ccc([N+](=O)[O-])c(OCCOCC)c1. The highest BCUT2D eigenvalue weighted by Gasteiger charge is 2.15. The first-order valence-corrected chi connectivity index (χ1v) is 6.37. The van der Waals surface area contributed by atoms with Gasteiger partial charge in [0.2, 0.25) is 0 Å². The molecule has 0 amide bonds. The smallest absolute Gasteiger partial charge is 0.310 e. The van der Waals surface area contributed by atoms with Crippen LogP contribution in [0.15, 0.2) is 18.2 Å². The van der Waals surface area contributed by atoms with E-state index < -0.39 is 4.92 Å². The zero-order valence-electron chi connectivity index (χ0n) is 11.3. The minimum Gasteiger partial charge on any atom is -0.484 e. The van der Waals surface area contributed by atoms with E-state index in [4.69, 9.17) is 9.47 Å². The monoisotopic (exact) mass is 268 g/mol. The number of hydrogen-bond donors (Lipinski definition) is 1. The van der Waals surface area contributed by atoms with Crippen molar-refractivity contribution in [3.63, 3.8) is 0 Å². The van der Waals surface area contributed by atoms with E-state index in [-0.39, 0.29) is 5.69 Å². The number of nitro benzene ring substituents is 1. The Kier molecular flexibility index (Phi) is 6.84. The number of ether oxygens (including phenoxy) is 2. The van der Waals surface area contributed by atoms with Crippen LogP contribution in [-0.2, 0) is 11.3 Å². The average molecular weight is 268 g/mol. The summed E-state index contributed by atoms with van der Waals surface area (Å²) in [4.78, 5) is 10.5. The summed E-state index contributed by atoms with van der Waals surface area (Å²) in [5, 5.41) is 14.1. The molecule has 1 aromatic rings. The van der Waals surface area contributed by atoms with Crippen LogP contribution >= 0.6 is 0 Å². The fourth-order valence-corrected chi connectivity index (χ4v) is 1.56. The molecule has 0 unspecified atom stereocenters. The molecule has 6 nitrogen and oxygen atoms in total. The minimum absolute atomic E-state index is 0.0169. The summed E-state index contributed by atoms with van der Waals surface area (Å²) in [5.41, 5.74) is 0.940. The van der Waals surface area contributed by atoms with Crippen LogP contribution in [0, 0.1) is 10.1 Å². The minimum atomic E-state index is -0.437. The Morgan fingerprint density at radius 1 is 1.32 bits per heavy atom. The molecule has 1 N–H and O–H groups in total. The molecular formula is C13H20N2O4. The predicted octanol–water partition coefficient (Wildman–Crippen LogP) is 2.12. The molecule has 0 bridgehead atoms. The van der Waals surface area contributed by atoms with Crippen molar-refractivity contribution in [2.45, 2.75) is 20.4 Å². The van der Waals surface area contributed by atoms with Gasteiger partial charge >= 0.3 is 5.69 Å². The van der Waals surface area contributed by atoms with Crippen molar-refractivity contribution < 1.29 is 14.4 Å². The van der Waals surface area contributed by atoms with Gasteiger partial charge in [-0.3, -0.25) is 10.1 Å². The molecule has 0 radical (unpaired) electrons. The Labute approximate surface area is 112 Å². The standard InChI is InChI=1S/C13H20N2O4/c1-3-14-10-11-5-6-12(15(16)17)13(9-11)19-8-7-18-4-2/h5-6,9,14H,3-4,7-8,10H2,1-2H3. The molecule has 0 atom stereocenters. The topological polar surface area (TPSA) is 73.6 Å². The van der Waals surface area contributed by atoms with E-state index in [1.807, 2.05) is 13.8 Å². The summed E-state index contributed by atoms with van der Waals surface area (Å²) in [6, 6.07) is 4.91. The molecule has 1 aromatic carbocycles. The van der Waals surface area contributed by atoms with Gasteiger partial charge in [0.1, 0.15) is 6.61 Å². The van der Waals surface area contributed by atoms with E-state index in [2.05, 4.69) is 5.32 Å². The molecule has 19 heavy (non-hydrogen) atoms. The maximum Gasteiger partial charge on any atom is 0.310 e. The van der Waals surface area contributed by atoms with Gasteiger partial charge in [-0.15, -0.1) is 0 Å². The van der Waals surface area contributed by atoms with Crippen molar-refractivity contribution in [3.05, 3.63) is 33.9 Å². The summed E-state index contributed by atoms with van der Waals surface area (Å²) in [5.74, 6) is 0.292. The third kappa shape index (κ3) is 5.23. The van der Waals surface area contributed by atoms with Crippen molar-refractivity contribution in [2.75, 3.05) is 26.4 Å². The normalized spacial score (nSPS) is 10.4. The average Bonchev–Trinajstić information content (AvgIpc) is 2.41. The second-order valence-electron chi connectivity index (χ2n) is 3.88. The Hall–Kier alpha value is -1.66. The molecule has 0 fully saturated rings. The third-order valence-corrected chi connectivity index (χ3v) is 2.49. The van der Waals surface area contributed by atoms with Crippen molar-refractivity contribution >= 4 is 5.69 Å². The number of rotatable bonds is 9. The van der Waals surface area contributed by atoms with Crippen LogP contribution in [0.3, 0.4) is 0 Å². The van der Waals surface area contributed by atoms with E-state index in [1.54, 1.807) is 12.1 Å². The van der Waals surface area contributed by atoms with Crippen molar-refractivity contribution in [3.8, 4) is 5.75 Å². The Morgan fingerprint density at radius 3 is 2.74 bits per heavy atom. The summed E-state index contributed by atoms with van der Waals surface area (Å²) < 4.78 is 10.6. The van der Waals surface area contributed by atoms with E-state index in [9.17, 15) is 10.1 Å². The van der Waals surface area contributed by atoms with Gasteiger partial charge in [0.15, 0.2) is 5.75 Å². The fraction of sp³-hybridized carbons (Fsp3) is 0.538. The summed E-state index contributed by atoms with van der Waals surface area (Å²) >= 11 is 0. The van der Waals surface area contributed by atoms with Crippen molar-refractivity contribution in [2.24, 2.45) is 0 Å². The highest BCUT2D eigenvalue weighted by Crippen LogP contribution is 2.27. The van der Waals surface area contributed by atoms with E-state index in [0.29, 0.717) is 32.1 Å². The van der Waals surface area contributed by atoms with E-state index in [0.717, 1.165) is 12.1 Å². The highest BCUT2D eigenvalue weighted by molar-refractivity contribution is 5.48. The summed E-state index contributed by atoms with van der Waals surface area (Å²) in [6.07, 6.45) is 0. The van der Waals surface area contributed by atoms with Gasteiger partial charge in [-0.1, -0.05) is 13.0 Å². The van der Waals surface area contributed by atoms with Gasteiger partial charge in [-0.05, 0) is 25.1 Å². The first-order valence-electron chi connectivity index (χ1n) is 6.37. The largest absolute Gasteiger partial charge is 0.484 e. The maximum atomic E-state index is 10.9. The summed E-state index contributed by atoms with van der Waals surface area (Å²) in [6.45, 7) is 6.73. The molecule has 106 valence electrons. The van der Waals surface area contributed by atoms with Gasteiger partial charge in [0.25, 0.3) is 0 Å². The quantitative estimate of drug-likeness (QED) is 0.422. The van der Waals surface area contributed by atoms with E-state index >= 15 is 0 Å². The van der Waals surface area contributed by atoms with Gasteiger partial charge in [-0.2, -0.15) is 0 Å². The zero-order chi connectivity index (χ0) is 14.1. The van der Waals surface area contributed by atoms with Crippen LogP contribution in [0.2, 0.25) is 0 Å². The molecule has 1 rings (SSSR count). The fourth-order valence-electron chi connectivity index (χ4n) is 1.56. The van der Waals surface area contributed by atoms with Crippen LogP contribution in [0.4, 0.5) is 5.69 Å². The van der Waals surface area contributed by atoms with Gasteiger partial charge in [-0.25, -0.2) is 0 Å². The molecule has 0 aliphatic heterocycles. The molecule has 0 aliphatic carbocycles. The number of nitro groups is 1. The first kappa shape index (κ1) is 15.4. The van der Waals surface area contributed by atoms with Gasteiger partial charge in [0.05, 0.1) is 11.5 Å². The lowest BCUT2D eigenvalue weighted by Gasteiger charge is -2.09. The molecule has 0 aliphatic rings. The van der Waals surface area contributed by atoms with E-state index in [1.165, 1.54) is 6.07 Å². The number of hydrogen-bond acceptors (Lipinski definition) is 5. The van der Waals surface area contributed by atoms with Crippen LogP contribution in [0.1, 0.15) is 19.4 Å². The lowest BCUT2D eigenvalue weighted by atomic mass is 10.2. The van der Waals surface area contributed by atoms with Crippen molar-refractivity contribution in [1.82, 2.24) is 5.32 Å². The molecular weight excluding hydrogens is 248 g/mol. The maximum absolute atomic E-state index is 10.9. The Balaban J connectivity index is 2.74. The first-order chi connectivity index (χ1) is 9.19. The zero-order valence-corrected chi connectivity index (χ0v) is 11.3. The highest BCUT2D eigenvalue weighted by atomic mass is 16.6. The predicted molar refractivity (Wildman–Crippen MR) is 72.5 cm³/mol. The van der Waals surface area contributed by atoms with Crippen LogP contribution in [-0.4, -0.2) is 31.3 Å². The van der Waals surface area contributed by atoms with Gasteiger partial charge < -0.3 is 14.8 Å². The second-order valence-corrected chi connectivity index (χ2v) is 3.88.